The maximum atomic E-state index is 11.4. The van der Waals surface area contributed by atoms with Crippen LogP contribution in [0.2, 0.25) is 0 Å². The van der Waals surface area contributed by atoms with E-state index >= 15 is 0 Å². The van der Waals surface area contributed by atoms with Crippen LogP contribution >= 0.6 is 11.8 Å². The Morgan fingerprint density at radius 3 is 2.50 bits per heavy atom. The summed E-state index contributed by atoms with van der Waals surface area (Å²) in [4.78, 5) is 1.11. The van der Waals surface area contributed by atoms with Gasteiger partial charge in [0.25, 0.3) is 0 Å². The van der Waals surface area contributed by atoms with Gasteiger partial charge in [-0.2, -0.15) is 0 Å². The topological polar surface area (TPSA) is 72.2 Å². The maximum Gasteiger partial charge on any atom is 0.240 e. The number of hydrogen-bond donors (Lipinski definition) is 2. The molecule has 0 aromatic heterocycles. The van der Waals surface area contributed by atoms with Crippen molar-refractivity contribution in [1.82, 2.24) is 4.72 Å². The van der Waals surface area contributed by atoms with Crippen molar-refractivity contribution in [2.75, 3.05) is 18.5 Å². The Hall–Kier alpha value is 0.280. The van der Waals surface area contributed by atoms with Gasteiger partial charge in [0.1, 0.15) is 0 Å². The molecule has 0 heterocycles. The first-order chi connectivity index (χ1) is 7.01. The first-order valence-electron chi connectivity index (χ1n) is 4.47. The summed E-state index contributed by atoms with van der Waals surface area (Å²) < 4.78 is 25.1. The quantitative estimate of drug-likeness (QED) is 0.484. The predicted molar refractivity (Wildman–Crippen MR) is 69.3 cm³/mol. The molecule has 1 radical (unpaired) electrons. The van der Waals surface area contributed by atoms with Crippen molar-refractivity contribution in [1.29, 1.82) is 0 Å². The first-order valence-corrected chi connectivity index (χ1v) is 6.94. The van der Waals surface area contributed by atoms with Crippen molar-refractivity contribution < 1.29 is 8.42 Å². The molecule has 0 aliphatic rings. The molecule has 85 valence electrons. The van der Waals surface area contributed by atoms with Gasteiger partial charge in [-0.25, -0.2) is 13.1 Å². The van der Waals surface area contributed by atoms with Crippen LogP contribution in [-0.2, 0) is 10.0 Å². The van der Waals surface area contributed by atoms with Gasteiger partial charge in [0, 0.05) is 40.1 Å². The average Bonchev–Trinajstić information content (AvgIpc) is 2.21. The molecule has 0 saturated heterocycles. The molecule has 7 heteroatoms. The van der Waals surface area contributed by atoms with E-state index in [1.165, 1.54) is 13.1 Å². The minimum Gasteiger partial charge on any atom is -0.398 e. The molecule has 0 atom stereocenters. The molecule has 0 spiro atoms. The van der Waals surface area contributed by atoms with Gasteiger partial charge in [-0.05, 0) is 31.0 Å². The summed E-state index contributed by atoms with van der Waals surface area (Å²) in [6.07, 6.45) is 0. The van der Waals surface area contributed by atoms with E-state index in [0.717, 1.165) is 10.6 Å². The van der Waals surface area contributed by atoms with Crippen LogP contribution in [0.5, 0.6) is 0 Å². The summed E-state index contributed by atoms with van der Waals surface area (Å²) in [5.74, 6) is 0.905. The van der Waals surface area contributed by atoms with Crippen LogP contribution in [0.1, 0.15) is 6.92 Å². The van der Waals surface area contributed by atoms with Crippen LogP contribution in [-0.4, -0.2) is 50.8 Å². The summed E-state index contributed by atoms with van der Waals surface area (Å²) in [7, 11) is -2.02. The molecule has 0 saturated carbocycles. The van der Waals surface area contributed by atoms with E-state index in [0.29, 0.717) is 5.69 Å². The minimum atomic E-state index is -3.39. The molecular formula is C9H14N2NaO2S2. The first kappa shape index (κ1) is 16.3. The molecule has 1 aromatic carbocycles. The number of rotatable bonds is 4. The molecule has 0 fully saturated rings. The zero-order chi connectivity index (χ0) is 11.5. The zero-order valence-corrected chi connectivity index (χ0v) is 13.3. The van der Waals surface area contributed by atoms with Crippen molar-refractivity contribution >= 4 is 57.0 Å². The fourth-order valence-electron chi connectivity index (χ4n) is 1.10. The predicted octanol–water partition coefficient (Wildman–Crippen LogP) is 0.908. The van der Waals surface area contributed by atoms with E-state index in [1.54, 1.807) is 23.9 Å². The van der Waals surface area contributed by atoms with Gasteiger partial charge >= 0.3 is 0 Å². The Kier molecular flexibility index (Phi) is 7.00. The van der Waals surface area contributed by atoms with Gasteiger partial charge in [-0.1, -0.05) is 6.92 Å². The molecule has 4 nitrogen and oxygen atoms in total. The van der Waals surface area contributed by atoms with E-state index in [2.05, 4.69) is 4.72 Å². The van der Waals surface area contributed by atoms with Crippen molar-refractivity contribution in [2.24, 2.45) is 0 Å². The van der Waals surface area contributed by atoms with Crippen molar-refractivity contribution in [2.45, 2.75) is 16.7 Å². The number of anilines is 1. The Balaban J connectivity index is 0.00000225. The molecule has 1 rings (SSSR count). The summed E-state index contributed by atoms with van der Waals surface area (Å²) in [5.41, 5.74) is 6.24. The second-order valence-electron chi connectivity index (χ2n) is 2.84. The van der Waals surface area contributed by atoms with Crippen molar-refractivity contribution in [3.8, 4) is 0 Å². The number of hydrogen-bond acceptors (Lipinski definition) is 4. The van der Waals surface area contributed by atoms with Gasteiger partial charge in [-0.3, -0.25) is 0 Å². The standard InChI is InChI=1S/C9H14N2O2S2.Na/c1-3-14-9-5-4-7(6-8(9)10)15(12,13)11-2;/h4-6,11H,3,10H2,1-2H3;. The van der Waals surface area contributed by atoms with Gasteiger partial charge in [0.2, 0.25) is 10.0 Å². The number of sulfonamides is 1. The van der Waals surface area contributed by atoms with Crippen LogP contribution in [0.15, 0.2) is 28.0 Å². The van der Waals surface area contributed by atoms with E-state index in [-0.39, 0.29) is 34.5 Å². The molecule has 0 aliphatic carbocycles. The van der Waals surface area contributed by atoms with E-state index in [4.69, 9.17) is 5.73 Å². The summed E-state index contributed by atoms with van der Waals surface area (Å²) in [6, 6.07) is 4.76. The zero-order valence-electron chi connectivity index (χ0n) is 9.65. The van der Waals surface area contributed by atoms with Crippen LogP contribution in [0.4, 0.5) is 5.69 Å². The van der Waals surface area contributed by atoms with Crippen LogP contribution in [0.25, 0.3) is 0 Å². The second kappa shape index (κ2) is 6.88. The monoisotopic (exact) mass is 269 g/mol. The Labute approximate surface area is 123 Å². The Bertz CT molecular complexity index is 449. The molecular weight excluding hydrogens is 255 g/mol. The van der Waals surface area contributed by atoms with Crippen LogP contribution in [0.3, 0.4) is 0 Å². The minimum absolute atomic E-state index is 0. The second-order valence-corrected chi connectivity index (χ2v) is 6.03. The number of benzene rings is 1. The molecule has 0 unspecified atom stereocenters. The molecule has 0 bridgehead atoms. The van der Waals surface area contributed by atoms with E-state index in [1.807, 2.05) is 6.92 Å². The Morgan fingerprint density at radius 1 is 1.44 bits per heavy atom. The fraction of sp³-hybridized carbons (Fsp3) is 0.333. The number of nitrogens with one attached hydrogen (secondary N) is 1. The fourth-order valence-corrected chi connectivity index (χ4v) is 2.56. The van der Waals surface area contributed by atoms with Gasteiger partial charge in [-0.15, -0.1) is 11.8 Å². The molecule has 0 amide bonds. The van der Waals surface area contributed by atoms with Gasteiger partial charge in [0.15, 0.2) is 0 Å². The SMILES string of the molecule is CCSc1ccc(S(=O)(=O)NC)cc1N.[Na]. The summed E-state index contributed by atoms with van der Waals surface area (Å²) in [6.45, 7) is 2.02. The summed E-state index contributed by atoms with van der Waals surface area (Å²) >= 11 is 1.59. The van der Waals surface area contributed by atoms with E-state index < -0.39 is 10.0 Å². The third-order valence-corrected chi connectivity index (χ3v) is 4.24. The number of nitrogen functional groups attached to an aromatic ring is 1. The molecule has 1 aromatic rings. The smallest absolute Gasteiger partial charge is 0.240 e. The number of thioether (sulfide) groups is 1. The molecule has 0 aliphatic heterocycles. The van der Waals surface area contributed by atoms with Crippen LogP contribution < -0.4 is 10.5 Å². The normalized spacial score (nSPS) is 10.9. The van der Waals surface area contributed by atoms with Crippen molar-refractivity contribution in [3.63, 3.8) is 0 Å². The number of nitrogens with two attached hydrogens (primary N) is 1. The third-order valence-electron chi connectivity index (χ3n) is 1.86. The molecule has 16 heavy (non-hydrogen) atoms. The van der Waals surface area contributed by atoms with Gasteiger partial charge in [0.05, 0.1) is 4.90 Å². The largest absolute Gasteiger partial charge is 0.398 e. The third kappa shape index (κ3) is 3.94. The Morgan fingerprint density at radius 2 is 2.06 bits per heavy atom. The maximum absolute atomic E-state index is 11.4. The average molecular weight is 269 g/mol. The van der Waals surface area contributed by atoms with E-state index in [9.17, 15) is 8.42 Å². The van der Waals surface area contributed by atoms with Crippen molar-refractivity contribution in [3.05, 3.63) is 18.2 Å². The van der Waals surface area contributed by atoms with Crippen LogP contribution in [0, 0.1) is 0 Å². The molecule has 3 N–H and O–H groups in total. The van der Waals surface area contributed by atoms with Gasteiger partial charge < -0.3 is 5.73 Å². The summed E-state index contributed by atoms with van der Waals surface area (Å²) in [5, 5.41) is 0.